The van der Waals surface area contributed by atoms with Crippen molar-refractivity contribution in [1.29, 1.82) is 0 Å². The molecule has 2 heterocycles. The van der Waals surface area contributed by atoms with Crippen LogP contribution in [-0.4, -0.2) is 42.1 Å². The number of benzene rings is 1. The average Bonchev–Trinajstić information content (AvgIpc) is 3.19. The van der Waals surface area contributed by atoms with Gasteiger partial charge >= 0.3 is 6.09 Å². The second-order valence-corrected chi connectivity index (χ2v) is 8.04. The van der Waals surface area contributed by atoms with Crippen molar-refractivity contribution in [3.63, 3.8) is 0 Å². The lowest BCUT2D eigenvalue weighted by atomic mass is 9.68. The topological polar surface area (TPSA) is 58.6 Å². The third kappa shape index (κ3) is 2.00. The Labute approximate surface area is 141 Å². The van der Waals surface area contributed by atoms with Crippen molar-refractivity contribution < 1.29 is 14.3 Å². The highest BCUT2D eigenvalue weighted by Gasteiger charge is 2.59. The molecule has 2 aliphatic carbocycles. The Balaban J connectivity index is 1.21. The Morgan fingerprint density at radius 3 is 2.67 bits per heavy atom. The molecule has 0 aromatic heterocycles. The molecule has 1 N–H and O–H groups in total. The third-order valence-corrected chi connectivity index (χ3v) is 6.63. The standard InChI is InChI=1S/C19H22N2O3/c22-16(13-8-18(9-13)12-24-17(23)20-18)21-7-6-19(10-15(19)11-21)14-4-2-1-3-5-14/h1-5,13,15H,6-12H2,(H,20,23)/t13-,15-,18+,19-/m0/s1. The van der Waals surface area contributed by atoms with E-state index < -0.39 is 0 Å². The minimum absolute atomic E-state index is 0.0509. The van der Waals surface area contributed by atoms with Crippen LogP contribution >= 0.6 is 0 Å². The molecule has 1 spiro atoms. The van der Waals surface area contributed by atoms with Gasteiger partial charge in [0.15, 0.2) is 0 Å². The summed E-state index contributed by atoms with van der Waals surface area (Å²) in [7, 11) is 0. The largest absolute Gasteiger partial charge is 0.447 e. The van der Waals surface area contributed by atoms with E-state index in [4.69, 9.17) is 4.74 Å². The number of nitrogens with one attached hydrogen (secondary N) is 1. The number of piperidine rings is 1. The first kappa shape index (κ1) is 14.3. The van der Waals surface area contributed by atoms with Crippen molar-refractivity contribution in [3.05, 3.63) is 35.9 Å². The molecule has 2 amide bonds. The van der Waals surface area contributed by atoms with Gasteiger partial charge in [0.1, 0.15) is 6.61 Å². The lowest BCUT2D eigenvalue weighted by Gasteiger charge is -2.44. The van der Waals surface area contributed by atoms with Crippen LogP contribution in [0.15, 0.2) is 30.3 Å². The summed E-state index contributed by atoms with van der Waals surface area (Å²) < 4.78 is 5.00. The normalized spacial score (nSPS) is 39.7. The summed E-state index contributed by atoms with van der Waals surface area (Å²) in [4.78, 5) is 26.1. The number of alkyl carbamates (subject to hydrolysis) is 1. The number of hydrogen-bond donors (Lipinski definition) is 1. The van der Waals surface area contributed by atoms with E-state index in [1.54, 1.807) is 0 Å². The number of cyclic esters (lactones) is 1. The Morgan fingerprint density at radius 2 is 2.00 bits per heavy atom. The number of carbonyl (C=O) groups excluding carboxylic acids is 2. The van der Waals surface area contributed by atoms with Crippen LogP contribution in [0.1, 0.15) is 31.2 Å². The molecule has 0 radical (unpaired) electrons. The van der Waals surface area contributed by atoms with Crippen LogP contribution in [0.3, 0.4) is 0 Å². The number of rotatable bonds is 2. The van der Waals surface area contributed by atoms with E-state index in [1.165, 1.54) is 12.0 Å². The Morgan fingerprint density at radius 1 is 1.21 bits per heavy atom. The van der Waals surface area contributed by atoms with Gasteiger partial charge in [-0.15, -0.1) is 0 Å². The molecule has 4 fully saturated rings. The summed E-state index contributed by atoms with van der Waals surface area (Å²) in [6.45, 7) is 2.16. The minimum atomic E-state index is -0.343. The first-order valence-corrected chi connectivity index (χ1v) is 8.90. The quantitative estimate of drug-likeness (QED) is 0.905. The number of fused-ring (bicyclic) bond motifs is 1. The van der Waals surface area contributed by atoms with Gasteiger partial charge in [0.05, 0.1) is 5.54 Å². The van der Waals surface area contributed by atoms with E-state index in [0.29, 0.717) is 17.9 Å². The molecule has 2 aliphatic heterocycles. The molecule has 2 saturated carbocycles. The Hall–Kier alpha value is -2.04. The molecule has 4 aliphatic rings. The number of likely N-dealkylation sites (tertiary alicyclic amines) is 1. The average molecular weight is 326 g/mol. The van der Waals surface area contributed by atoms with Crippen molar-refractivity contribution in [1.82, 2.24) is 10.2 Å². The predicted octanol–water partition coefficient (Wildman–Crippen LogP) is 2.07. The van der Waals surface area contributed by atoms with Crippen molar-refractivity contribution in [2.45, 2.75) is 36.6 Å². The maximum Gasteiger partial charge on any atom is 0.407 e. The van der Waals surface area contributed by atoms with Crippen LogP contribution < -0.4 is 5.32 Å². The van der Waals surface area contributed by atoms with Crippen LogP contribution in [-0.2, 0) is 14.9 Å². The van der Waals surface area contributed by atoms with Crippen molar-refractivity contribution in [3.8, 4) is 0 Å². The number of hydrogen-bond acceptors (Lipinski definition) is 3. The molecule has 5 rings (SSSR count). The maximum absolute atomic E-state index is 12.8. The molecule has 24 heavy (non-hydrogen) atoms. The molecule has 5 nitrogen and oxygen atoms in total. The summed E-state index contributed by atoms with van der Waals surface area (Å²) in [5.74, 6) is 0.937. The van der Waals surface area contributed by atoms with Crippen LogP contribution in [0.2, 0.25) is 0 Å². The third-order valence-electron chi connectivity index (χ3n) is 6.63. The number of carbonyl (C=O) groups is 2. The van der Waals surface area contributed by atoms with Crippen LogP contribution in [0.4, 0.5) is 4.79 Å². The highest BCUT2D eigenvalue weighted by atomic mass is 16.6. The number of ether oxygens (including phenoxy) is 1. The van der Waals surface area contributed by atoms with E-state index in [9.17, 15) is 9.59 Å². The molecule has 2 saturated heterocycles. The lowest BCUT2D eigenvalue weighted by Crippen LogP contribution is -2.58. The fourth-order valence-electron chi connectivity index (χ4n) is 5.11. The van der Waals surface area contributed by atoms with E-state index >= 15 is 0 Å². The summed E-state index contributed by atoms with van der Waals surface area (Å²) in [5.41, 5.74) is 1.50. The molecule has 1 aromatic rings. The molecule has 2 atom stereocenters. The monoisotopic (exact) mass is 326 g/mol. The number of nitrogens with zero attached hydrogens (tertiary/aromatic N) is 1. The SMILES string of the molecule is O=C1N[C@]2(CO1)C[C@H](C(=O)N1CC[C@@]3(c4ccccc4)C[C@H]3C1)C2. The zero-order valence-electron chi connectivity index (χ0n) is 13.7. The zero-order chi connectivity index (χ0) is 16.4. The van der Waals surface area contributed by atoms with Gasteiger partial charge in [-0.3, -0.25) is 4.79 Å². The van der Waals surface area contributed by atoms with Crippen molar-refractivity contribution in [2.75, 3.05) is 19.7 Å². The summed E-state index contributed by atoms with van der Waals surface area (Å²) in [6, 6.07) is 10.8. The van der Waals surface area contributed by atoms with Crippen LogP contribution in [0.5, 0.6) is 0 Å². The highest BCUT2D eigenvalue weighted by molar-refractivity contribution is 5.82. The summed E-state index contributed by atoms with van der Waals surface area (Å²) in [6.07, 6.45) is 3.39. The molecule has 126 valence electrons. The van der Waals surface area contributed by atoms with Gasteiger partial charge in [0, 0.05) is 24.4 Å². The Bertz CT molecular complexity index is 698. The van der Waals surface area contributed by atoms with Crippen molar-refractivity contribution in [2.24, 2.45) is 11.8 Å². The smallest absolute Gasteiger partial charge is 0.407 e. The van der Waals surface area contributed by atoms with Gasteiger partial charge in [-0.05, 0) is 37.2 Å². The minimum Gasteiger partial charge on any atom is -0.447 e. The van der Waals surface area contributed by atoms with Crippen molar-refractivity contribution >= 4 is 12.0 Å². The van der Waals surface area contributed by atoms with Crippen LogP contribution in [0, 0.1) is 11.8 Å². The lowest BCUT2D eigenvalue weighted by molar-refractivity contribution is -0.142. The second-order valence-electron chi connectivity index (χ2n) is 8.04. The van der Waals surface area contributed by atoms with E-state index in [0.717, 1.165) is 32.4 Å². The molecular weight excluding hydrogens is 304 g/mol. The maximum atomic E-state index is 12.8. The van der Waals surface area contributed by atoms with E-state index in [-0.39, 0.29) is 23.5 Å². The number of amides is 2. The first-order valence-electron chi connectivity index (χ1n) is 8.90. The fraction of sp³-hybridized carbons (Fsp3) is 0.579. The first-order chi connectivity index (χ1) is 11.6. The molecule has 0 unspecified atom stereocenters. The van der Waals surface area contributed by atoms with Gasteiger partial charge in [0.2, 0.25) is 5.91 Å². The summed E-state index contributed by atoms with van der Waals surface area (Å²) in [5, 5.41) is 2.87. The van der Waals surface area contributed by atoms with Gasteiger partial charge in [-0.1, -0.05) is 30.3 Å². The molecular formula is C19H22N2O3. The molecule has 5 heteroatoms. The predicted molar refractivity (Wildman–Crippen MR) is 87.4 cm³/mol. The zero-order valence-corrected chi connectivity index (χ0v) is 13.7. The molecule has 1 aromatic carbocycles. The summed E-state index contributed by atoms with van der Waals surface area (Å²) >= 11 is 0. The van der Waals surface area contributed by atoms with E-state index in [2.05, 4.69) is 40.5 Å². The fourth-order valence-corrected chi connectivity index (χ4v) is 5.11. The highest BCUT2D eigenvalue weighted by Crippen LogP contribution is 2.59. The molecule has 0 bridgehead atoms. The van der Waals surface area contributed by atoms with Gasteiger partial charge < -0.3 is 15.0 Å². The van der Waals surface area contributed by atoms with Gasteiger partial charge in [-0.25, -0.2) is 4.79 Å². The van der Waals surface area contributed by atoms with E-state index in [1.807, 2.05) is 0 Å². The van der Waals surface area contributed by atoms with Gasteiger partial charge in [0.25, 0.3) is 0 Å². The van der Waals surface area contributed by atoms with Gasteiger partial charge in [-0.2, -0.15) is 0 Å². The second kappa shape index (κ2) is 4.74. The Kier molecular flexibility index (Phi) is 2.83. The van der Waals surface area contributed by atoms with Crippen LogP contribution in [0.25, 0.3) is 0 Å².